The van der Waals surface area contributed by atoms with Crippen LogP contribution in [0.15, 0.2) is 24.3 Å². The van der Waals surface area contributed by atoms with Crippen LogP contribution < -0.4 is 0 Å². The first-order valence-corrected chi connectivity index (χ1v) is 11.2. The van der Waals surface area contributed by atoms with E-state index in [0.29, 0.717) is 35.9 Å². The van der Waals surface area contributed by atoms with Gasteiger partial charge in [-0.3, -0.25) is 9.59 Å². The quantitative estimate of drug-likeness (QED) is 0.375. The fraction of sp³-hybridized carbons (Fsp3) is 0.739. The molecule has 3 fully saturated rings. The minimum atomic E-state index is -0.567. The number of carbonyl (C=O) groups is 2. The smallest absolute Gasteiger partial charge is 0.321 e. The zero-order valence-corrected chi connectivity index (χ0v) is 17.1. The van der Waals surface area contributed by atoms with Crippen LogP contribution in [-0.4, -0.2) is 23.2 Å². The predicted molar refractivity (Wildman–Crippen MR) is 106 cm³/mol. The average Bonchev–Trinajstić information content (AvgIpc) is 3.02. The summed E-state index contributed by atoms with van der Waals surface area (Å²) in [7, 11) is 0. The van der Waals surface area contributed by atoms with Gasteiger partial charge in [0.1, 0.15) is 11.5 Å². The molecule has 27 heavy (non-hydrogen) atoms. The lowest BCUT2D eigenvalue weighted by molar-refractivity contribution is -0.172. The van der Waals surface area contributed by atoms with Crippen molar-refractivity contribution in [3.63, 3.8) is 0 Å². The number of carbonyl (C=O) groups excluding carboxylic acids is 2. The maximum absolute atomic E-state index is 12.1. The van der Waals surface area contributed by atoms with Gasteiger partial charge >= 0.3 is 5.97 Å². The Hall–Kier alpha value is -1.09. The monoisotopic (exact) mass is 390 g/mol. The van der Waals surface area contributed by atoms with Crippen molar-refractivity contribution in [3.05, 3.63) is 24.3 Å². The van der Waals surface area contributed by atoms with Crippen molar-refractivity contribution < 1.29 is 14.3 Å². The number of hydrogen-bond acceptors (Lipinski definition) is 3. The molecule has 0 aromatic carbocycles. The van der Waals surface area contributed by atoms with Crippen molar-refractivity contribution in [2.45, 2.75) is 70.3 Å². The second kappa shape index (κ2) is 7.06. The lowest BCUT2D eigenvalue weighted by atomic mass is 9.49. The number of rotatable bonds is 4. The first-order chi connectivity index (χ1) is 13.0. The van der Waals surface area contributed by atoms with Crippen LogP contribution in [0.2, 0.25) is 0 Å². The van der Waals surface area contributed by atoms with Crippen LogP contribution in [0, 0.1) is 29.1 Å². The van der Waals surface area contributed by atoms with E-state index in [-0.39, 0.29) is 17.3 Å². The van der Waals surface area contributed by atoms with E-state index in [1.54, 1.807) is 0 Å². The van der Waals surface area contributed by atoms with E-state index in [2.05, 4.69) is 13.5 Å². The van der Waals surface area contributed by atoms with Gasteiger partial charge in [0.2, 0.25) is 0 Å². The van der Waals surface area contributed by atoms with Crippen LogP contribution in [-0.2, 0) is 14.3 Å². The van der Waals surface area contributed by atoms with Gasteiger partial charge in [0, 0.05) is 11.8 Å². The van der Waals surface area contributed by atoms with Crippen molar-refractivity contribution >= 4 is 23.4 Å². The standard InChI is InChI=1S/C23H31ClO3/c1-3-22-11-9-18-17-8-6-16(25)13-15(17)5-7-19(18)20(22)10-12-23(22,4-2)27-21(26)14-24/h4,13,17-20H,2-3,5-12,14H2,1H3/t17?,18?,19?,20?,22-,23-/m0/s1. The van der Waals surface area contributed by atoms with Gasteiger partial charge in [0.25, 0.3) is 0 Å². The molecule has 0 saturated heterocycles. The van der Waals surface area contributed by atoms with Crippen molar-refractivity contribution in [1.82, 2.24) is 0 Å². The number of esters is 1. The summed E-state index contributed by atoms with van der Waals surface area (Å²) in [5.41, 5.74) is 0.837. The molecule has 0 spiro atoms. The molecule has 148 valence electrons. The molecule has 4 heteroatoms. The number of allylic oxidation sites excluding steroid dienone is 1. The minimum Gasteiger partial charge on any atom is -0.453 e. The summed E-state index contributed by atoms with van der Waals surface area (Å²) >= 11 is 5.77. The molecule has 3 saturated carbocycles. The number of ketones is 1. The fourth-order valence-electron chi connectivity index (χ4n) is 7.50. The third-order valence-electron chi connectivity index (χ3n) is 8.54. The fourth-order valence-corrected chi connectivity index (χ4v) is 7.55. The van der Waals surface area contributed by atoms with E-state index in [1.165, 1.54) is 18.4 Å². The summed E-state index contributed by atoms with van der Waals surface area (Å²) in [4.78, 5) is 24.0. The van der Waals surface area contributed by atoms with Gasteiger partial charge in [-0.2, -0.15) is 0 Å². The summed E-state index contributed by atoms with van der Waals surface area (Å²) < 4.78 is 6.02. The van der Waals surface area contributed by atoms with E-state index in [0.717, 1.165) is 38.5 Å². The normalized spacial score (nSPS) is 43.2. The maximum Gasteiger partial charge on any atom is 0.321 e. The maximum atomic E-state index is 12.1. The highest BCUT2D eigenvalue weighted by molar-refractivity contribution is 6.26. The van der Waals surface area contributed by atoms with Gasteiger partial charge in [-0.1, -0.05) is 19.1 Å². The largest absolute Gasteiger partial charge is 0.453 e. The Bertz CT molecular complexity index is 683. The summed E-state index contributed by atoms with van der Waals surface area (Å²) in [6.45, 7) is 6.35. The highest BCUT2D eigenvalue weighted by Gasteiger charge is 2.65. The number of ether oxygens (including phenoxy) is 1. The molecule has 4 unspecified atom stereocenters. The van der Waals surface area contributed by atoms with Crippen molar-refractivity contribution in [2.24, 2.45) is 29.1 Å². The number of alkyl halides is 1. The lowest BCUT2D eigenvalue weighted by Gasteiger charge is -2.57. The Balaban J connectivity index is 1.66. The molecule has 0 bridgehead atoms. The van der Waals surface area contributed by atoms with E-state index < -0.39 is 5.60 Å². The Labute approximate surface area is 167 Å². The molecule has 4 rings (SSSR count). The third kappa shape index (κ3) is 2.75. The third-order valence-corrected chi connectivity index (χ3v) is 8.76. The van der Waals surface area contributed by atoms with Gasteiger partial charge in [-0.15, -0.1) is 11.6 Å². The Morgan fingerprint density at radius 3 is 2.78 bits per heavy atom. The molecule has 0 aliphatic heterocycles. The molecule has 0 aromatic heterocycles. The van der Waals surface area contributed by atoms with Gasteiger partial charge in [-0.05, 0) is 87.2 Å². The number of hydrogen-bond donors (Lipinski definition) is 0. The van der Waals surface area contributed by atoms with Crippen LogP contribution in [0.25, 0.3) is 0 Å². The van der Waals surface area contributed by atoms with Gasteiger partial charge in [-0.25, -0.2) is 0 Å². The molecule has 0 heterocycles. The Kier molecular flexibility index (Phi) is 5.03. The second-order valence-corrected chi connectivity index (χ2v) is 9.36. The van der Waals surface area contributed by atoms with Gasteiger partial charge in [0.05, 0.1) is 0 Å². The zero-order valence-electron chi connectivity index (χ0n) is 16.3. The van der Waals surface area contributed by atoms with E-state index >= 15 is 0 Å². The highest BCUT2D eigenvalue weighted by atomic mass is 35.5. The molecule has 0 radical (unpaired) electrons. The van der Waals surface area contributed by atoms with Crippen LogP contribution in [0.5, 0.6) is 0 Å². The first-order valence-electron chi connectivity index (χ1n) is 10.6. The van der Waals surface area contributed by atoms with Crippen LogP contribution in [0.3, 0.4) is 0 Å². The highest BCUT2D eigenvalue weighted by Crippen LogP contribution is 2.67. The minimum absolute atomic E-state index is 0.0106. The molecule has 0 amide bonds. The summed E-state index contributed by atoms with van der Waals surface area (Å²) in [6.07, 6.45) is 13.1. The van der Waals surface area contributed by atoms with Crippen LogP contribution in [0.1, 0.15) is 64.7 Å². The SMILES string of the molecule is C=C[C@]1(OC(=O)CCl)CCC2C3CCC4=CC(=O)CCC4C3CC[C@@]21CC. The summed E-state index contributed by atoms with van der Waals surface area (Å²) in [5, 5.41) is 0. The average molecular weight is 391 g/mol. The molecule has 4 aliphatic rings. The molecule has 0 N–H and O–H groups in total. The molecular weight excluding hydrogens is 360 g/mol. The number of fused-ring (bicyclic) bond motifs is 5. The Morgan fingerprint density at radius 1 is 1.26 bits per heavy atom. The van der Waals surface area contributed by atoms with Crippen molar-refractivity contribution in [3.8, 4) is 0 Å². The molecule has 4 aliphatic carbocycles. The van der Waals surface area contributed by atoms with E-state index in [4.69, 9.17) is 16.3 Å². The lowest BCUT2D eigenvalue weighted by Crippen LogP contribution is -2.55. The van der Waals surface area contributed by atoms with E-state index in [1.807, 2.05) is 12.2 Å². The Morgan fingerprint density at radius 2 is 2.07 bits per heavy atom. The van der Waals surface area contributed by atoms with Gasteiger partial charge < -0.3 is 4.74 Å². The van der Waals surface area contributed by atoms with Crippen LogP contribution >= 0.6 is 11.6 Å². The first kappa shape index (κ1) is 19.2. The molecule has 0 aromatic rings. The second-order valence-electron chi connectivity index (χ2n) is 9.09. The summed E-state index contributed by atoms with van der Waals surface area (Å²) in [6, 6.07) is 0. The molecular formula is C23H31ClO3. The zero-order chi connectivity index (χ0) is 19.2. The van der Waals surface area contributed by atoms with Crippen molar-refractivity contribution in [2.75, 3.05) is 5.88 Å². The van der Waals surface area contributed by atoms with Crippen molar-refractivity contribution in [1.29, 1.82) is 0 Å². The topological polar surface area (TPSA) is 43.4 Å². The summed E-state index contributed by atoms with van der Waals surface area (Å²) in [5.74, 6) is 2.42. The van der Waals surface area contributed by atoms with E-state index in [9.17, 15) is 9.59 Å². The van der Waals surface area contributed by atoms with Gasteiger partial charge in [0.15, 0.2) is 5.78 Å². The molecule has 6 atom stereocenters. The predicted octanol–water partition coefficient (Wildman–Crippen LogP) is 5.23. The molecule has 3 nitrogen and oxygen atoms in total. The van der Waals surface area contributed by atoms with Crippen LogP contribution in [0.4, 0.5) is 0 Å². The number of halogens is 1.